The first-order chi connectivity index (χ1) is 13.3. The Morgan fingerprint density at radius 3 is 2.63 bits per heavy atom. The largest absolute Gasteiger partial charge is 0.497 e. The van der Waals surface area contributed by atoms with Crippen molar-refractivity contribution < 1.29 is 4.74 Å². The van der Waals surface area contributed by atoms with E-state index in [2.05, 4.69) is 55.5 Å². The first kappa shape index (κ1) is 17.7. The van der Waals surface area contributed by atoms with Crippen molar-refractivity contribution in [2.75, 3.05) is 13.7 Å². The van der Waals surface area contributed by atoms with Crippen LogP contribution in [0.1, 0.15) is 23.9 Å². The SMILES string of the molecule is CCCN=C(Cc1nc2c(ccc3ccccc32)s1)c1ccc(OC)cc1. The molecular weight excluding hydrogens is 352 g/mol. The molecule has 136 valence electrons. The second kappa shape index (κ2) is 7.89. The highest BCUT2D eigenvalue weighted by atomic mass is 32.1. The minimum Gasteiger partial charge on any atom is -0.497 e. The zero-order valence-corrected chi connectivity index (χ0v) is 16.4. The van der Waals surface area contributed by atoms with Gasteiger partial charge in [-0.2, -0.15) is 0 Å². The van der Waals surface area contributed by atoms with Gasteiger partial charge in [0.2, 0.25) is 0 Å². The molecule has 4 rings (SSSR count). The third kappa shape index (κ3) is 3.71. The highest BCUT2D eigenvalue weighted by Gasteiger charge is 2.12. The van der Waals surface area contributed by atoms with Crippen LogP contribution in [0.4, 0.5) is 0 Å². The van der Waals surface area contributed by atoms with E-state index in [1.54, 1.807) is 18.4 Å². The van der Waals surface area contributed by atoms with E-state index in [1.807, 2.05) is 12.1 Å². The highest BCUT2D eigenvalue weighted by Crippen LogP contribution is 2.30. The average Bonchev–Trinajstić information content (AvgIpc) is 3.14. The van der Waals surface area contributed by atoms with Crippen LogP contribution >= 0.6 is 11.3 Å². The van der Waals surface area contributed by atoms with Gasteiger partial charge < -0.3 is 4.74 Å². The van der Waals surface area contributed by atoms with Crippen LogP contribution in [0.15, 0.2) is 65.7 Å². The van der Waals surface area contributed by atoms with Gasteiger partial charge in [-0.3, -0.25) is 4.99 Å². The van der Waals surface area contributed by atoms with Crippen molar-refractivity contribution in [3.63, 3.8) is 0 Å². The molecule has 0 aliphatic rings. The Kier molecular flexibility index (Phi) is 5.16. The van der Waals surface area contributed by atoms with Gasteiger partial charge in [-0.25, -0.2) is 4.98 Å². The maximum Gasteiger partial charge on any atom is 0.118 e. The standard InChI is InChI=1S/C23H22N2OS/c1-3-14-24-20(17-8-11-18(26-2)12-9-17)15-22-25-23-19-7-5-4-6-16(19)10-13-21(23)27-22/h4-13H,3,14-15H2,1-2H3. The molecule has 3 aromatic carbocycles. The molecule has 0 unspecified atom stereocenters. The molecule has 0 saturated heterocycles. The molecule has 3 nitrogen and oxygen atoms in total. The van der Waals surface area contributed by atoms with Crippen molar-refractivity contribution in [1.29, 1.82) is 0 Å². The van der Waals surface area contributed by atoms with Crippen LogP contribution in [0.25, 0.3) is 21.0 Å². The Bertz CT molecular complexity index is 1100. The molecule has 4 heteroatoms. The lowest BCUT2D eigenvalue weighted by Gasteiger charge is -2.07. The third-order valence-corrected chi connectivity index (χ3v) is 5.62. The Morgan fingerprint density at radius 1 is 1.04 bits per heavy atom. The van der Waals surface area contributed by atoms with Crippen LogP contribution in [-0.2, 0) is 6.42 Å². The predicted molar refractivity (Wildman–Crippen MR) is 116 cm³/mol. The van der Waals surface area contributed by atoms with Crippen molar-refractivity contribution in [1.82, 2.24) is 4.98 Å². The summed E-state index contributed by atoms with van der Waals surface area (Å²) in [7, 11) is 1.69. The molecule has 0 amide bonds. The molecule has 1 aromatic heterocycles. The molecular formula is C23H22N2OS. The van der Waals surface area contributed by atoms with Gasteiger partial charge in [-0.1, -0.05) is 37.3 Å². The van der Waals surface area contributed by atoms with Crippen LogP contribution < -0.4 is 4.74 Å². The number of hydrogen-bond donors (Lipinski definition) is 0. The molecule has 0 bridgehead atoms. The summed E-state index contributed by atoms with van der Waals surface area (Å²) in [4.78, 5) is 9.80. The lowest BCUT2D eigenvalue weighted by molar-refractivity contribution is 0.415. The van der Waals surface area contributed by atoms with Gasteiger partial charge in [-0.15, -0.1) is 11.3 Å². The van der Waals surface area contributed by atoms with Crippen molar-refractivity contribution in [2.24, 2.45) is 4.99 Å². The Labute approximate surface area is 163 Å². The van der Waals surface area contributed by atoms with Crippen LogP contribution in [0.3, 0.4) is 0 Å². The van der Waals surface area contributed by atoms with E-state index in [9.17, 15) is 0 Å². The Hall–Kier alpha value is -2.72. The lowest BCUT2D eigenvalue weighted by Crippen LogP contribution is -2.06. The number of nitrogens with zero attached hydrogens (tertiary/aromatic N) is 2. The monoisotopic (exact) mass is 374 g/mol. The van der Waals surface area contributed by atoms with Gasteiger partial charge in [0.1, 0.15) is 5.75 Å². The van der Waals surface area contributed by atoms with Gasteiger partial charge in [0.25, 0.3) is 0 Å². The minimum atomic E-state index is 0.750. The number of ether oxygens (including phenoxy) is 1. The van der Waals surface area contributed by atoms with Gasteiger partial charge in [0.15, 0.2) is 0 Å². The van der Waals surface area contributed by atoms with E-state index in [1.165, 1.54) is 15.5 Å². The zero-order valence-electron chi connectivity index (χ0n) is 15.6. The molecule has 0 saturated carbocycles. The molecule has 0 spiro atoms. The normalized spacial score (nSPS) is 12.0. The zero-order chi connectivity index (χ0) is 18.6. The molecule has 4 aromatic rings. The second-order valence-electron chi connectivity index (χ2n) is 6.47. The van der Waals surface area contributed by atoms with E-state index >= 15 is 0 Å². The van der Waals surface area contributed by atoms with E-state index in [4.69, 9.17) is 14.7 Å². The molecule has 0 aliphatic carbocycles. The van der Waals surface area contributed by atoms with E-state index in [0.29, 0.717) is 0 Å². The molecule has 0 radical (unpaired) electrons. The van der Waals surface area contributed by atoms with Crippen LogP contribution in [0.5, 0.6) is 5.75 Å². The summed E-state index contributed by atoms with van der Waals surface area (Å²) in [5, 5.41) is 3.55. The smallest absolute Gasteiger partial charge is 0.118 e. The first-order valence-electron chi connectivity index (χ1n) is 9.23. The fourth-order valence-corrected chi connectivity index (χ4v) is 4.19. The lowest BCUT2D eigenvalue weighted by atomic mass is 10.1. The number of hydrogen-bond acceptors (Lipinski definition) is 4. The maximum atomic E-state index is 5.28. The van der Waals surface area contributed by atoms with Crippen LogP contribution in [0.2, 0.25) is 0 Å². The Balaban J connectivity index is 1.71. The topological polar surface area (TPSA) is 34.5 Å². The number of thiazole rings is 1. The Morgan fingerprint density at radius 2 is 1.85 bits per heavy atom. The minimum absolute atomic E-state index is 0.750. The van der Waals surface area contributed by atoms with Crippen LogP contribution in [-0.4, -0.2) is 24.4 Å². The molecule has 0 N–H and O–H groups in total. The summed E-state index contributed by atoms with van der Waals surface area (Å²) in [6.45, 7) is 2.98. The van der Waals surface area contributed by atoms with E-state index in [0.717, 1.165) is 46.9 Å². The second-order valence-corrected chi connectivity index (χ2v) is 7.59. The molecule has 0 fully saturated rings. The van der Waals surface area contributed by atoms with Gasteiger partial charge >= 0.3 is 0 Å². The van der Waals surface area contributed by atoms with Crippen LogP contribution in [0, 0.1) is 0 Å². The number of rotatable bonds is 6. The molecule has 0 atom stereocenters. The number of aliphatic imine (C=N–C) groups is 1. The number of fused-ring (bicyclic) bond motifs is 3. The van der Waals surface area contributed by atoms with E-state index in [-0.39, 0.29) is 0 Å². The van der Waals surface area contributed by atoms with Crippen molar-refractivity contribution in [2.45, 2.75) is 19.8 Å². The summed E-state index contributed by atoms with van der Waals surface area (Å²) >= 11 is 1.76. The van der Waals surface area contributed by atoms with Crippen molar-refractivity contribution in [3.8, 4) is 5.75 Å². The third-order valence-electron chi connectivity index (χ3n) is 4.60. The number of benzene rings is 3. The molecule has 1 heterocycles. The molecule has 0 aliphatic heterocycles. The van der Waals surface area contributed by atoms with Crippen molar-refractivity contribution in [3.05, 3.63) is 71.2 Å². The van der Waals surface area contributed by atoms with Gasteiger partial charge in [0.05, 0.1) is 22.3 Å². The maximum absolute atomic E-state index is 5.28. The summed E-state index contributed by atoms with van der Waals surface area (Å²) in [5.41, 5.74) is 3.31. The number of methoxy groups -OCH3 is 1. The fraction of sp³-hybridized carbons (Fsp3) is 0.217. The summed E-state index contributed by atoms with van der Waals surface area (Å²) in [6, 6.07) is 20.9. The van der Waals surface area contributed by atoms with Gasteiger partial charge in [0, 0.05) is 24.1 Å². The average molecular weight is 375 g/mol. The quantitative estimate of drug-likeness (QED) is 0.394. The first-order valence-corrected chi connectivity index (χ1v) is 10.0. The van der Waals surface area contributed by atoms with Gasteiger partial charge in [-0.05, 0) is 47.7 Å². The summed E-state index contributed by atoms with van der Waals surface area (Å²) < 4.78 is 6.51. The highest BCUT2D eigenvalue weighted by molar-refractivity contribution is 7.18. The summed E-state index contributed by atoms with van der Waals surface area (Å²) in [5.74, 6) is 0.861. The van der Waals surface area contributed by atoms with Crippen molar-refractivity contribution >= 4 is 38.0 Å². The molecule has 27 heavy (non-hydrogen) atoms. The summed E-state index contributed by atoms with van der Waals surface area (Å²) in [6.07, 6.45) is 1.78. The fourth-order valence-electron chi connectivity index (χ4n) is 3.21. The van der Waals surface area contributed by atoms with E-state index < -0.39 is 0 Å². The predicted octanol–water partition coefficient (Wildman–Crippen LogP) is 5.90. The number of aromatic nitrogens is 1.